The minimum atomic E-state index is -1.26. The van der Waals surface area contributed by atoms with E-state index in [1.54, 1.807) is 0 Å². The molecule has 2 atom stereocenters. The lowest BCUT2D eigenvalue weighted by atomic mass is 9.88. The van der Waals surface area contributed by atoms with Crippen molar-refractivity contribution in [3.05, 3.63) is 145 Å². The van der Waals surface area contributed by atoms with Crippen molar-refractivity contribution in [2.45, 2.75) is 31.6 Å². The van der Waals surface area contributed by atoms with E-state index in [-0.39, 0.29) is 6.04 Å². The van der Waals surface area contributed by atoms with Crippen molar-refractivity contribution < 1.29 is 4.21 Å². The minimum absolute atomic E-state index is 0.134. The predicted octanol–water partition coefficient (Wildman–Crippen LogP) is 8.89. The zero-order chi connectivity index (χ0) is 29.1. The van der Waals surface area contributed by atoms with Gasteiger partial charge >= 0.3 is 0 Å². The largest absolute Gasteiger partial charge is 0.242 e. The van der Waals surface area contributed by atoms with Crippen molar-refractivity contribution in [3.8, 4) is 11.1 Å². The lowest BCUT2D eigenvalue weighted by Crippen LogP contribution is -2.37. The average Bonchev–Trinajstić information content (AvgIpc) is 3.02. The van der Waals surface area contributed by atoms with Gasteiger partial charge in [0.15, 0.2) is 0 Å². The van der Waals surface area contributed by atoms with Crippen molar-refractivity contribution >= 4 is 51.1 Å². The van der Waals surface area contributed by atoms with Crippen LogP contribution in [0.2, 0.25) is 0 Å². The van der Waals surface area contributed by atoms with E-state index < -0.39 is 23.7 Å². The summed E-state index contributed by atoms with van der Waals surface area (Å²) in [4.78, 5) is 0. The lowest BCUT2D eigenvalue weighted by molar-refractivity contribution is 0.618. The molecule has 0 spiro atoms. The molecule has 0 aromatic heterocycles. The number of nitrogens with one attached hydrogen (secondary N) is 1. The van der Waals surface area contributed by atoms with Crippen molar-refractivity contribution in [3.63, 3.8) is 0 Å². The van der Waals surface area contributed by atoms with Gasteiger partial charge in [-0.15, -0.1) is 0 Å². The summed E-state index contributed by atoms with van der Waals surface area (Å²) < 4.78 is 17.0. The molecule has 1 N–H and O–H groups in total. The Balaban J connectivity index is 1.56. The van der Waals surface area contributed by atoms with Crippen LogP contribution in [0, 0.1) is 0 Å². The Labute approximate surface area is 253 Å². The zero-order valence-electron chi connectivity index (χ0n) is 24.3. The second-order valence-electron chi connectivity index (χ2n) is 11.6. The van der Waals surface area contributed by atoms with Gasteiger partial charge in [0.1, 0.15) is 0 Å². The quantitative estimate of drug-likeness (QED) is 0.140. The van der Waals surface area contributed by atoms with Gasteiger partial charge in [0.2, 0.25) is 0 Å². The molecule has 0 saturated carbocycles. The van der Waals surface area contributed by atoms with Crippen molar-refractivity contribution in [2.24, 2.45) is 0 Å². The number of hydrogen-bond donors (Lipinski definition) is 1. The summed E-state index contributed by atoms with van der Waals surface area (Å²) in [6.07, 6.45) is 0.824. The number of fused-ring (bicyclic) bond motifs is 2. The van der Waals surface area contributed by atoms with Crippen LogP contribution >= 0.6 is 7.92 Å². The van der Waals surface area contributed by atoms with Crippen LogP contribution in [0.25, 0.3) is 32.7 Å². The molecule has 0 unspecified atom stereocenters. The van der Waals surface area contributed by atoms with Gasteiger partial charge in [-0.1, -0.05) is 133 Å². The molecule has 0 heterocycles. The van der Waals surface area contributed by atoms with Crippen LogP contribution in [0.5, 0.6) is 0 Å². The average molecular weight is 586 g/mol. The SMILES string of the molecule is CC(C)(C)[S@@](=O)N[C@@H](CP(c1ccccc1)c1ccccc1)c1ccccc1-c1c2ccccc2cc2ccccc12. The van der Waals surface area contributed by atoms with Crippen molar-refractivity contribution in [1.82, 2.24) is 4.72 Å². The summed E-state index contributed by atoms with van der Waals surface area (Å²) in [5, 5.41) is 7.54. The van der Waals surface area contributed by atoms with E-state index in [9.17, 15) is 4.21 Å². The van der Waals surface area contributed by atoms with Gasteiger partial charge in [-0.25, -0.2) is 8.93 Å². The summed E-state index contributed by atoms with van der Waals surface area (Å²) in [6, 6.07) is 49.8. The van der Waals surface area contributed by atoms with Crippen LogP contribution in [0.15, 0.2) is 140 Å². The second-order valence-corrected chi connectivity index (χ2v) is 15.9. The molecule has 0 saturated heterocycles. The Morgan fingerprint density at radius 2 is 1.12 bits per heavy atom. The zero-order valence-corrected chi connectivity index (χ0v) is 26.0. The summed E-state index contributed by atoms with van der Waals surface area (Å²) in [7, 11) is -1.98. The van der Waals surface area contributed by atoms with Gasteiger partial charge in [-0.2, -0.15) is 0 Å². The maximum atomic E-state index is 13.8. The van der Waals surface area contributed by atoms with E-state index in [2.05, 4.69) is 144 Å². The highest BCUT2D eigenvalue weighted by Gasteiger charge is 2.29. The van der Waals surface area contributed by atoms with Gasteiger partial charge in [0, 0.05) is 6.04 Å². The van der Waals surface area contributed by atoms with Gasteiger partial charge in [-0.05, 0) is 89.8 Å². The number of hydrogen-bond acceptors (Lipinski definition) is 1. The molecule has 6 aromatic carbocycles. The van der Waals surface area contributed by atoms with Gasteiger partial charge in [-0.3, -0.25) is 0 Å². The third kappa shape index (κ3) is 5.96. The Morgan fingerprint density at radius 1 is 0.643 bits per heavy atom. The second kappa shape index (κ2) is 12.3. The molecule has 0 radical (unpaired) electrons. The molecule has 6 aromatic rings. The molecule has 0 aliphatic carbocycles. The van der Waals surface area contributed by atoms with Gasteiger partial charge in [0.05, 0.1) is 15.7 Å². The van der Waals surface area contributed by atoms with E-state index in [1.807, 2.05) is 20.8 Å². The van der Waals surface area contributed by atoms with Crippen LogP contribution in [0.4, 0.5) is 0 Å². The predicted molar refractivity (Wildman–Crippen MR) is 185 cm³/mol. The Bertz CT molecular complexity index is 1750. The highest BCUT2D eigenvalue weighted by Crippen LogP contribution is 2.43. The molecule has 210 valence electrons. The van der Waals surface area contributed by atoms with E-state index in [0.29, 0.717) is 0 Å². The topological polar surface area (TPSA) is 29.1 Å². The van der Waals surface area contributed by atoms with Crippen LogP contribution in [-0.4, -0.2) is 15.1 Å². The van der Waals surface area contributed by atoms with Crippen LogP contribution in [0.1, 0.15) is 32.4 Å². The molecule has 0 aliphatic heterocycles. The van der Waals surface area contributed by atoms with Crippen molar-refractivity contribution in [2.75, 3.05) is 6.16 Å². The standard InChI is InChI=1S/C38H36NOPS/c1-38(2,3)42(40)39-36(27-41(30-18-6-4-7-19-30)31-20-8-5-9-21-31)34-24-14-15-25-35(34)37-32-22-12-10-16-28(32)26-29-17-11-13-23-33(29)37/h4-26,36,39H,27H2,1-3H3/t36-,42+/m0/s1. The first kappa shape index (κ1) is 28.5. The first-order valence-corrected chi connectivity index (χ1v) is 17.1. The first-order chi connectivity index (χ1) is 20.4. The highest BCUT2D eigenvalue weighted by atomic mass is 32.2. The number of benzene rings is 6. The summed E-state index contributed by atoms with van der Waals surface area (Å²) in [5.74, 6) is 0. The Kier molecular flexibility index (Phi) is 8.36. The van der Waals surface area contributed by atoms with Crippen LogP contribution in [-0.2, 0) is 11.0 Å². The fraction of sp³-hybridized carbons (Fsp3) is 0.158. The molecule has 0 amide bonds. The minimum Gasteiger partial charge on any atom is -0.242 e. The molecule has 6 rings (SSSR count). The third-order valence-electron chi connectivity index (χ3n) is 7.68. The Hall–Kier alpha value is -3.62. The fourth-order valence-corrected chi connectivity index (χ4v) is 8.98. The summed E-state index contributed by atoms with van der Waals surface area (Å²) >= 11 is 0. The Morgan fingerprint density at radius 3 is 1.67 bits per heavy atom. The van der Waals surface area contributed by atoms with E-state index in [1.165, 1.54) is 48.8 Å². The maximum absolute atomic E-state index is 13.8. The summed E-state index contributed by atoms with van der Waals surface area (Å²) in [5.41, 5.74) is 3.59. The van der Waals surface area contributed by atoms with Gasteiger partial charge in [0.25, 0.3) is 0 Å². The van der Waals surface area contributed by atoms with E-state index >= 15 is 0 Å². The molecular weight excluding hydrogens is 549 g/mol. The number of rotatable bonds is 8. The molecule has 4 heteroatoms. The van der Waals surface area contributed by atoms with Crippen LogP contribution < -0.4 is 15.3 Å². The third-order valence-corrected chi connectivity index (χ3v) is 11.9. The van der Waals surface area contributed by atoms with E-state index in [0.717, 1.165) is 6.16 Å². The normalized spacial score (nSPS) is 13.4. The van der Waals surface area contributed by atoms with E-state index in [4.69, 9.17) is 0 Å². The highest BCUT2D eigenvalue weighted by molar-refractivity contribution is 7.84. The molecular formula is C38H36NOPS. The molecule has 42 heavy (non-hydrogen) atoms. The molecule has 0 fully saturated rings. The molecule has 0 aliphatic rings. The first-order valence-electron chi connectivity index (χ1n) is 14.5. The molecule has 0 bridgehead atoms. The maximum Gasteiger partial charge on any atom is 0.0976 e. The lowest BCUT2D eigenvalue weighted by Gasteiger charge is -2.30. The van der Waals surface area contributed by atoms with Crippen molar-refractivity contribution in [1.29, 1.82) is 0 Å². The molecule has 2 nitrogen and oxygen atoms in total. The van der Waals surface area contributed by atoms with Crippen LogP contribution in [0.3, 0.4) is 0 Å². The summed E-state index contributed by atoms with van der Waals surface area (Å²) in [6.45, 7) is 6.11. The monoisotopic (exact) mass is 585 g/mol. The fourth-order valence-electron chi connectivity index (χ4n) is 5.60. The van der Waals surface area contributed by atoms with Gasteiger partial charge < -0.3 is 0 Å². The smallest absolute Gasteiger partial charge is 0.0976 e.